The van der Waals surface area contributed by atoms with E-state index >= 15 is 0 Å². The maximum atomic E-state index is 5.73. The lowest BCUT2D eigenvalue weighted by molar-refractivity contribution is 0.0358. The van der Waals surface area contributed by atoms with Crippen LogP contribution in [-0.4, -0.2) is 52.7 Å². The predicted molar refractivity (Wildman–Crippen MR) is 61.1 cm³/mol. The summed E-state index contributed by atoms with van der Waals surface area (Å²) in [6, 6.07) is 0. The molecule has 6 heteroatoms. The van der Waals surface area contributed by atoms with Gasteiger partial charge in [0, 0.05) is 19.6 Å². The quantitative estimate of drug-likeness (QED) is 0.765. The average Bonchev–Trinajstić information content (AvgIpc) is 2.68. The molecule has 1 fully saturated rings. The van der Waals surface area contributed by atoms with Crippen molar-refractivity contribution in [1.29, 1.82) is 0 Å². The van der Waals surface area contributed by atoms with Gasteiger partial charge in [-0.15, -0.1) is 5.10 Å². The second kappa shape index (κ2) is 5.27. The van der Waals surface area contributed by atoms with Crippen molar-refractivity contribution in [3.05, 3.63) is 5.69 Å². The molecule has 2 rings (SSSR count). The van der Waals surface area contributed by atoms with Crippen LogP contribution in [0.3, 0.4) is 0 Å². The zero-order chi connectivity index (χ0) is 11.4. The molecule has 6 nitrogen and oxygen atoms in total. The SMILES string of the molecule is CCc1c(N)nnn1CCN1CCOCC1. The Hall–Kier alpha value is -1.14. The van der Waals surface area contributed by atoms with E-state index < -0.39 is 0 Å². The van der Waals surface area contributed by atoms with Crippen molar-refractivity contribution >= 4 is 5.82 Å². The number of ether oxygens (including phenoxy) is 1. The number of anilines is 1. The molecule has 1 saturated heterocycles. The van der Waals surface area contributed by atoms with Crippen molar-refractivity contribution in [2.24, 2.45) is 0 Å². The molecule has 90 valence electrons. The summed E-state index contributed by atoms with van der Waals surface area (Å²) in [4.78, 5) is 2.38. The van der Waals surface area contributed by atoms with Crippen molar-refractivity contribution in [2.75, 3.05) is 38.6 Å². The summed E-state index contributed by atoms with van der Waals surface area (Å²) in [6.45, 7) is 7.59. The number of hydrogen-bond donors (Lipinski definition) is 1. The molecule has 16 heavy (non-hydrogen) atoms. The highest BCUT2D eigenvalue weighted by Gasteiger charge is 2.12. The van der Waals surface area contributed by atoms with Gasteiger partial charge in [0.2, 0.25) is 0 Å². The highest BCUT2D eigenvalue weighted by atomic mass is 16.5. The normalized spacial score (nSPS) is 17.8. The summed E-state index contributed by atoms with van der Waals surface area (Å²) >= 11 is 0. The molecule has 0 unspecified atom stereocenters. The van der Waals surface area contributed by atoms with Crippen LogP contribution >= 0.6 is 0 Å². The number of hydrogen-bond acceptors (Lipinski definition) is 5. The number of rotatable bonds is 4. The Morgan fingerprint density at radius 1 is 1.31 bits per heavy atom. The molecular formula is C10H19N5O. The third-order valence-corrected chi connectivity index (χ3v) is 2.93. The number of nitrogens with two attached hydrogens (primary N) is 1. The van der Waals surface area contributed by atoms with E-state index in [9.17, 15) is 0 Å². The van der Waals surface area contributed by atoms with Crippen molar-refractivity contribution < 1.29 is 4.74 Å². The van der Waals surface area contributed by atoms with Gasteiger partial charge >= 0.3 is 0 Å². The standard InChI is InChI=1S/C10H19N5O/c1-2-9-10(11)12-13-15(9)4-3-14-5-7-16-8-6-14/h2-8,11H2,1H3. The third kappa shape index (κ3) is 2.51. The van der Waals surface area contributed by atoms with Crippen LogP contribution in [0.5, 0.6) is 0 Å². The molecule has 2 heterocycles. The molecule has 0 aliphatic carbocycles. The van der Waals surface area contributed by atoms with Crippen LogP contribution in [0.2, 0.25) is 0 Å². The zero-order valence-corrected chi connectivity index (χ0v) is 9.72. The second-order valence-corrected chi connectivity index (χ2v) is 3.95. The van der Waals surface area contributed by atoms with E-state index in [4.69, 9.17) is 10.5 Å². The van der Waals surface area contributed by atoms with E-state index in [1.807, 2.05) is 4.68 Å². The Balaban J connectivity index is 1.88. The molecule has 0 radical (unpaired) electrons. The Bertz CT molecular complexity index is 332. The summed E-state index contributed by atoms with van der Waals surface area (Å²) in [7, 11) is 0. The molecule has 0 atom stereocenters. The summed E-state index contributed by atoms with van der Waals surface area (Å²) in [6.07, 6.45) is 0.877. The largest absolute Gasteiger partial charge is 0.381 e. The van der Waals surface area contributed by atoms with E-state index in [0.717, 1.165) is 51.5 Å². The van der Waals surface area contributed by atoms with Gasteiger partial charge in [0.15, 0.2) is 5.82 Å². The molecular weight excluding hydrogens is 206 g/mol. The lowest BCUT2D eigenvalue weighted by Crippen LogP contribution is -2.38. The van der Waals surface area contributed by atoms with Crippen LogP contribution in [0.1, 0.15) is 12.6 Å². The molecule has 0 spiro atoms. The van der Waals surface area contributed by atoms with Gasteiger partial charge in [0.1, 0.15) is 0 Å². The molecule has 0 saturated carbocycles. The Labute approximate surface area is 95.4 Å². The average molecular weight is 225 g/mol. The number of aromatic nitrogens is 3. The molecule has 1 aromatic rings. The smallest absolute Gasteiger partial charge is 0.169 e. The summed E-state index contributed by atoms with van der Waals surface area (Å²) in [5.74, 6) is 0.560. The van der Waals surface area contributed by atoms with Crippen LogP contribution < -0.4 is 5.73 Å². The van der Waals surface area contributed by atoms with Crippen LogP contribution in [0.25, 0.3) is 0 Å². The molecule has 0 bridgehead atoms. The van der Waals surface area contributed by atoms with Crippen molar-refractivity contribution in [2.45, 2.75) is 19.9 Å². The minimum Gasteiger partial charge on any atom is -0.381 e. The van der Waals surface area contributed by atoms with Crippen LogP contribution in [0, 0.1) is 0 Å². The lowest BCUT2D eigenvalue weighted by Gasteiger charge is -2.26. The Kier molecular flexibility index (Phi) is 3.74. The first-order valence-electron chi connectivity index (χ1n) is 5.79. The van der Waals surface area contributed by atoms with Gasteiger partial charge in [-0.05, 0) is 6.42 Å². The maximum absolute atomic E-state index is 5.73. The molecule has 0 aromatic carbocycles. The summed E-state index contributed by atoms with van der Waals surface area (Å²) < 4.78 is 7.21. The molecule has 2 N–H and O–H groups in total. The fourth-order valence-corrected chi connectivity index (χ4v) is 1.95. The van der Waals surface area contributed by atoms with Crippen LogP contribution in [-0.2, 0) is 17.7 Å². The van der Waals surface area contributed by atoms with Crippen LogP contribution in [0.15, 0.2) is 0 Å². The van der Waals surface area contributed by atoms with Crippen molar-refractivity contribution in [1.82, 2.24) is 19.9 Å². The first-order valence-corrected chi connectivity index (χ1v) is 5.79. The summed E-state index contributed by atoms with van der Waals surface area (Å²) in [5.41, 5.74) is 6.77. The highest BCUT2D eigenvalue weighted by molar-refractivity contribution is 5.32. The number of nitrogen functional groups attached to an aromatic ring is 1. The first kappa shape index (κ1) is 11.3. The molecule has 1 aliphatic heterocycles. The van der Waals surface area contributed by atoms with E-state index in [1.165, 1.54) is 0 Å². The van der Waals surface area contributed by atoms with Crippen molar-refractivity contribution in [3.63, 3.8) is 0 Å². The second-order valence-electron chi connectivity index (χ2n) is 3.95. The van der Waals surface area contributed by atoms with E-state index in [1.54, 1.807) is 0 Å². The minimum absolute atomic E-state index is 0.560. The molecule has 0 amide bonds. The Morgan fingerprint density at radius 2 is 2.06 bits per heavy atom. The van der Waals surface area contributed by atoms with Gasteiger partial charge in [-0.2, -0.15) is 0 Å². The van der Waals surface area contributed by atoms with Gasteiger partial charge in [-0.1, -0.05) is 12.1 Å². The highest BCUT2D eigenvalue weighted by Crippen LogP contribution is 2.08. The van der Waals surface area contributed by atoms with E-state index in [-0.39, 0.29) is 0 Å². The molecule has 1 aliphatic rings. The number of nitrogens with zero attached hydrogens (tertiary/aromatic N) is 4. The van der Waals surface area contributed by atoms with Crippen LogP contribution in [0.4, 0.5) is 5.82 Å². The molecule has 1 aromatic heterocycles. The third-order valence-electron chi connectivity index (χ3n) is 2.93. The lowest BCUT2D eigenvalue weighted by atomic mass is 10.3. The summed E-state index contributed by atoms with van der Waals surface area (Å²) in [5, 5.41) is 7.95. The fourth-order valence-electron chi connectivity index (χ4n) is 1.95. The number of morpholine rings is 1. The first-order chi connectivity index (χ1) is 7.81. The van der Waals surface area contributed by atoms with Gasteiger partial charge in [0.25, 0.3) is 0 Å². The van der Waals surface area contributed by atoms with E-state index in [2.05, 4.69) is 22.1 Å². The monoisotopic (exact) mass is 225 g/mol. The van der Waals surface area contributed by atoms with Gasteiger partial charge in [-0.25, -0.2) is 4.68 Å². The zero-order valence-electron chi connectivity index (χ0n) is 9.72. The topological polar surface area (TPSA) is 69.2 Å². The van der Waals surface area contributed by atoms with Gasteiger partial charge in [0.05, 0.1) is 25.5 Å². The fraction of sp³-hybridized carbons (Fsp3) is 0.800. The predicted octanol–water partition coefficient (Wildman–Crippen LogP) is -0.245. The Morgan fingerprint density at radius 3 is 2.75 bits per heavy atom. The van der Waals surface area contributed by atoms with Crippen molar-refractivity contribution in [3.8, 4) is 0 Å². The maximum Gasteiger partial charge on any atom is 0.169 e. The minimum atomic E-state index is 0.560. The van der Waals surface area contributed by atoms with Gasteiger partial charge in [-0.3, -0.25) is 4.90 Å². The van der Waals surface area contributed by atoms with Gasteiger partial charge < -0.3 is 10.5 Å². The van der Waals surface area contributed by atoms with E-state index in [0.29, 0.717) is 5.82 Å².